The van der Waals surface area contributed by atoms with Crippen molar-refractivity contribution in [1.29, 1.82) is 0 Å². The lowest BCUT2D eigenvalue weighted by atomic mass is 9.87. The molecule has 0 unspecified atom stereocenters. The summed E-state index contributed by atoms with van der Waals surface area (Å²) in [6.45, 7) is 5.68. The van der Waals surface area contributed by atoms with Gasteiger partial charge in [-0.05, 0) is 50.6 Å². The normalized spacial score (nSPS) is 18.1. The number of hydrogen-bond donors (Lipinski definition) is 1. The molecule has 0 saturated carbocycles. The Morgan fingerprint density at radius 1 is 1.30 bits per heavy atom. The van der Waals surface area contributed by atoms with E-state index in [1.807, 2.05) is 13.8 Å². The number of aryl methyl sites for hydroxylation is 1. The lowest BCUT2D eigenvalue weighted by molar-refractivity contribution is 0.0503. The summed E-state index contributed by atoms with van der Waals surface area (Å²) in [5, 5.41) is 3.85. The SMILES string of the molecule is CC[C@]1(C)CC(=O)c2c(ccc3oc(C(=O)Nc4cc(Cl)ccc4OC)c(C)c23)O1. The quantitative estimate of drug-likeness (QED) is 0.570. The van der Waals surface area contributed by atoms with Crippen LogP contribution < -0.4 is 14.8 Å². The van der Waals surface area contributed by atoms with E-state index in [2.05, 4.69) is 5.32 Å². The number of amides is 1. The number of Topliss-reactive ketones (excluding diaryl/α,β-unsaturated/α-hetero) is 1. The van der Waals surface area contributed by atoms with Gasteiger partial charge in [-0.25, -0.2) is 0 Å². The van der Waals surface area contributed by atoms with E-state index in [0.29, 0.717) is 44.3 Å². The van der Waals surface area contributed by atoms with Crippen LogP contribution in [0.5, 0.6) is 11.5 Å². The lowest BCUT2D eigenvalue weighted by Gasteiger charge is -2.34. The minimum atomic E-state index is -0.529. The molecule has 7 heteroatoms. The molecule has 0 bridgehead atoms. The van der Waals surface area contributed by atoms with Gasteiger partial charge in [-0.1, -0.05) is 18.5 Å². The van der Waals surface area contributed by atoms with Gasteiger partial charge < -0.3 is 19.2 Å². The number of fused-ring (bicyclic) bond motifs is 3. The maximum atomic E-state index is 13.0. The Bertz CT molecular complexity index is 1180. The van der Waals surface area contributed by atoms with Crippen molar-refractivity contribution in [2.75, 3.05) is 12.4 Å². The van der Waals surface area contributed by atoms with E-state index in [9.17, 15) is 9.59 Å². The lowest BCUT2D eigenvalue weighted by Crippen LogP contribution is -2.38. The predicted octanol–water partition coefficient (Wildman–Crippen LogP) is 5.79. The zero-order valence-corrected chi connectivity index (χ0v) is 18.0. The van der Waals surface area contributed by atoms with Gasteiger partial charge in [0.2, 0.25) is 0 Å². The summed E-state index contributed by atoms with van der Waals surface area (Å²) in [5.74, 6) is 0.646. The first-order chi connectivity index (χ1) is 14.3. The number of carbonyl (C=O) groups excluding carboxylic acids is 2. The molecule has 0 saturated heterocycles. The third-order valence-corrected chi connectivity index (χ3v) is 5.83. The third kappa shape index (κ3) is 3.31. The van der Waals surface area contributed by atoms with Gasteiger partial charge in [0, 0.05) is 16.0 Å². The molecule has 2 heterocycles. The van der Waals surface area contributed by atoms with E-state index < -0.39 is 11.5 Å². The summed E-state index contributed by atoms with van der Waals surface area (Å²) in [6, 6.07) is 8.39. The van der Waals surface area contributed by atoms with Crippen molar-refractivity contribution < 1.29 is 23.5 Å². The van der Waals surface area contributed by atoms with Gasteiger partial charge >= 0.3 is 0 Å². The monoisotopic (exact) mass is 427 g/mol. The van der Waals surface area contributed by atoms with E-state index in [0.717, 1.165) is 6.42 Å². The third-order valence-electron chi connectivity index (χ3n) is 5.59. The Morgan fingerprint density at radius 2 is 2.07 bits per heavy atom. The van der Waals surface area contributed by atoms with Crippen LogP contribution in [0.25, 0.3) is 11.0 Å². The first-order valence-electron chi connectivity index (χ1n) is 9.69. The first kappa shape index (κ1) is 20.3. The molecule has 1 atom stereocenters. The molecule has 6 nitrogen and oxygen atoms in total. The minimum absolute atomic E-state index is 0.0152. The van der Waals surface area contributed by atoms with Crippen LogP contribution in [0.4, 0.5) is 5.69 Å². The molecule has 2 aromatic carbocycles. The Hall–Kier alpha value is -2.99. The molecule has 1 aromatic heterocycles. The molecule has 30 heavy (non-hydrogen) atoms. The maximum absolute atomic E-state index is 13.0. The van der Waals surface area contributed by atoms with Gasteiger partial charge in [0.25, 0.3) is 5.91 Å². The van der Waals surface area contributed by atoms with E-state index in [4.69, 9.17) is 25.5 Å². The highest BCUT2D eigenvalue weighted by molar-refractivity contribution is 6.31. The molecule has 0 fully saturated rings. The van der Waals surface area contributed by atoms with Crippen LogP contribution in [0.3, 0.4) is 0 Å². The van der Waals surface area contributed by atoms with Crippen molar-refractivity contribution in [2.45, 2.75) is 39.2 Å². The molecule has 0 radical (unpaired) electrons. The number of methoxy groups -OCH3 is 1. The number of furan rings is 1. The summed E-state index contributed by atoms with van der Waals surface area (Å²) in [5.41, 5.74) is 1.41. The van der Waals surface area contributed by atoms with Crippen molar-refractivity contribution in [3.05, 3.63) is 52.2 Å². The zero-order chi connectivity index (χ0) is 21.6. The number of anilines is 1. The number of rotatable bonds is 4. The van der Waals surface area contributed by atoms with Crippen LogP contribution in [-0.4, -0.2) is 24.4 Å². The fourth-order valence-electron chi connectivity index (χ4n) is 3.78. The second kappa shape index (κ2) is 7.36. The highest BCUT2D eigenvalue weighted by Gasteiger charge is 2.37. The van der Waals surface area contributed by atoms with E-state index in [-0.39, 0.29) is 18.0 Å². The fraction of sp³-hybridized carbons (Fsp3) is 0.304. The predicted molar refractivity (Wildman–Crippen MR) is 115 cm³/mol. The maximum Gasteiger partial charge on any atom is 0.291 e. The number of halogens is 1. The highest BCUT2D eigenvalue weighted by Crippen LogP contribution is 2.41. The van der Waals surface area contributed by atoms with Crippen molar-refractivity contribution in [3.63, 3.8) is 0 Å². The molecule has 1 aliphatic rings. The van der Waals surface area contributed by atoms with Crippen LogP contribution in [-0.2, 0) is 0 Å². The molecular weight excluding hydrogens is 406 g/mol. The van der Waals surface area contributed by atoms with E-state index in [1.54, 1.807) is 37.3 Å². The van der Waals surface area contributed by atoms with Crippen LogP contribution in [0, 0.1) is 6.92 Å². The van der Waals surface area contributed by atoms with Crippen molar-refractivity contribution in [2.24, 2.45) is 0 Å². The highest BCUT2D eigenvalue weighted by atomic mass is 35.5. The van der Waals surface area contributed by atoms with Gasteiger partial charge in [0.15, 0.2) is 11.5 Å². The molecule has 1 N–H and O–H groups in total. The van der Waals surface area contributed by atoms with Gasteiger partial charge in [-0.2, -0.15) is 0 Å². The van der Waals surface area contributed by atoms with E-state index in [1.165, 1.54) is 7.11 Å². The van der Waals surface area contributed by atoms with Gasteiger partial charge in [0.1, 0.15) is 22.7 Å². The average molecular weight is 428 g/mol. The largest absolute Gasteiger partial charge is 0.495 e. The Morgan fingerprint density at radius 3 is 2.77 bits per heavy atom. The molecule has 0 aliphatic carbocycles. The van der Waals surface area contributed by atoms with Crippen LogP contribution in [0.1, 0.15) is 53.2 Å². The van der Waals surface area contributed by atoms with Gasteiger partial charge in [0.05, 0.1) is 24.8 Å². The molecular formula is C23H22ClNO5. The second-order valence-corrected chi connectivity index (χ2v) is 8.11. The van der Waals surface area contributed by atoms with Crippen molar-refractivity contribution >= 4 is 39.9 Å². The fourth-order valence-corrected chi connectivity index (χ4v) is 3.96. The Labute approximate surface area is 179 Å². The number of carbonyl (C=O) groups is 2. The number of benzene rings is 2. The molecule has 4 rings (SSSR count). The summed E-state index contributed by atoms with van der Waals surface area (Å²) in [7, 11) is 1.51. The van der Waals surface area contributed by atoms with Crippen LogP contribution >= 0.6 is 11.6 Å². The zero-order valence-electron chi connectivity index (χ0n) is 17.2. The summed E-state index contributed by atoms with van der Waals surface area (Å²) in [6.07, 6.45) is 0.997. The Balaban J connectivity index is 1.77. The molecule has 1 amide bonds. The van der Waals surface area contributed by atoms with Crippen molar-refractivity contribution in [1.82, 2.24) is 0 Å². The average Bonchev–Trinajstić information content (AvgIpc) is 3.04. The number of hydrogen-bond acceptors (Lipinski definition) is 5. The van der Waals surface area contributed by atoms with Gasteiger partial charge in [-0.3, -0.25) is 9.59 Å². The molecule has 156 valence electrons. The Kier molecular flexibility index (Phi) is 4.98. The summed E-state index contributed by atoms with van der Waals surface area (Å²) >= 11 is 6.05. The van der Waals surface area contributed by atoms with E-state index >= 15 is 0 Å². The van der Waals surface area contributed by atoms with Crippen LogP contribution in [0.15, 0.2) is 34.7 Å². The number of ether oxygens (including phenoxy) is 2. The topological polar surface area (TPSA) is 77.8 Å². The molecule has 0 spiro atoms. The smallest absolute Gasteiger partial charge is 0.291 e. The minimum Gasteiger partial charge on any atom is -0.495 e. The summed E-state index contributed by atoms with van der Waals surface area (Å²) < 4.78 is 17.2. The van der Waals surface area contributed by atoms with Gasteiger partial charge in [-0.15, -0.1) is 0 Å². The summed E-state index contributed by atoms with van der Waals surface area (Å²) in [4.78, 5) is 25.9. The molecule has 1 aliphatic heterocycles. The molecule has 3 aromatic rings. The van der Waals surface area contributed by atoms with Crippen molar-refractivity contribution in [3.8, 4) is 11.5 Å². The second-order valence-electron chi connectivity index (χ2n) is 7.67. The van der Waals surface area contributed by atoms with Crippen LogP contribution in [0.2, 0.25) is 5.02 Å². The number of nitrogens with one attached hydrogen (secondary N) is 1. The standard InChI is InChI=1S/C23H22ClNO5/c1-5-23(3)11-15(26)20-18(30-23)9-8-17-19(20)12(2)21(29-17)22(27)25-14-10-13(24)6-7-16(14)28-4/h6-10H,5,11H2,1-4H3,(H,25,27)/t23-/m1/s1. The first-order valence-corrected chi connectivity index (χ1v) is 10.1. The number of ketones is 1.